The van der Waals surface area contributed by atoms with Crippen LogP contribution in [-0.4, -0.2) is 30.2 Å². The van der Waals surface area contributed by atoms with E-state index in [1.54, 1.807) is 11.8 Å². The van der Waals surface area contributed by atoms with Crippen LogP contribution in [0.1, 0.15) is 77.2 Å². The van der Waals surface area contributed by atoms with Gasteiger partial charge in [0.1, 0.15) is 0 Å². The molecule has 2 aromatic rings. The van der Waals surface area contributed by atoms with E-state index in [9.17, 15) is 9.59 Å². The zero-order valence-electron chi connectivity index (χ0n) is 20.7. The van der Waals surface area contributed by atoms with Crippen molar-refractivity contribution in [3.8, 4) is 0 Å². The smallest absolute Gasteiger partial charge is 0.321 e. The minimum Gasteiger partial charge on any atom is -0.481 e. The molecule has 0 unspecified atom stereocenters. The maximum absolute atomic E-state index is 13.0. The third-order valence-electron chi connectivity index (χ3n) is 5.67. The third kappa shape index (κ3) is 10.6. The van der Waals surface area contributed by atoms with Gasteiger partial charge in [0.2, 0.25) is 0 Å². The van der Waals surface area contributed by atoms with Gasteiger partial charge in [0.15, 0.2) is 0 Å². The van der Waals surface area contributed by atoms with E-state index in [4.69, 9.17) is 5.11 Å². The van der Waals surface area contributed by atoms with Crippen molar-refractivity contribution in [2.75, 3.05) is 18.0 Å². The fourth-order valence-electron chi connectivity index (χ4n) is 3.79. The van der Waals surface area contributed by atoms with Crippen molar-refractivity contribution in [1.82, 2.24) is 5.32 Å². The van der Waals surface area contributed by atoms with Crippen LogP contribution in [0.2, 0.25) is 0 Å². The molecule has 0 fully saturated rings. The summed E-state index contributed by atoms with van der Waals surface area (Å²) in [5.74, 6) is -0.829. The summed E-state index contributed by atoms with van der Waals surface area (Å²) in [6.07, 6.45) is 10.4. The molecule has 0 bridgehead atoms. The predicted octanol–water partition coefficient (Wildman–Crippen LogP) is 7.53. The van der Waals surface area contributed by atoms with Crippen LogP contribution in [-0.2, 0) is 11.2 Å². The molecule has 186 valence electrons. The number of aliphatic carboxylic acids is 1. The first-order valence-corrected chi connectivity index (χ1v) is 13.5. The van der Waals surface area contributed by atoms with Crippen LogP contribution in [0, 0.1) is 0 Å². The number of unbranched alkanes of at least 4 members (excludes halogenated alkanes) is 7. The summed E-state index contributed by atoms with van der Waals surface area (Å²) in [7, 11) is 0. The second kappa shape index (κ2) is 16.2. The van der Waals surface area contributed by atoms with E-state index in [-0.39, 0.29) is 12.5 Å². The van der Waals surface area contributed by atoms with Crippen molar-refractivity contribution < 1.29 is 14.7 Å². The second-order valence-corrected chi connectivity index (χ2v) is 9.82. The van der Waals surface area contributed by atoms with Gasteiger partial charge in [-0.05, 0) is 54.8 Å². The first-order chi connectivity index (χ1) is 16.5. The molecular weight excluding hydrogens is 444 g/mol. The van der Waals surface area contributed by atoms with Crippen molar-refractivity contribution in [3.63, 3.8) is 0 Å². The number of anilines is 1. The lowest BCUT2D eigenvalue weighted by Gasteiger charge is -2.23. The maximum atomic E-state index is 13.0. The number of hydrogen-bond donors (Lipinski definition) is 2. The van der Waals surface area contributed by atoms with E-state index in [0.29, 0.717) is 13.1 Å². The molecule has 0 saturated heterocycles. The molecular formula is C28H40N2O3S. The molecule has 0 radical (unpaired) electrons. The number of carboxylic acid groups (broad SMARTS) is 1. The highest BCUT2D eigenvalue weighted by atomic mass is 32.2. The highest BCUT2D eigenvalue weighted by Gasteiger charge is 2.15. The SMILES string of the molecule is CCCCCCCN(C(=O)NCCCCCC)c1ccc(Sc2cccc(CC(=O)O)c2)cc1. The molecule has 5 nitrogen and oxygen atoms in total. The van der Waals surface area contributed by atoms with Crippen molar-refractivity contribution in [3.05, 3.63) is 54.1 Å². The highest BCUT2D eigenvalue weighted by molar-refractivity contribution is 7.99. The van der Waals surface area contributed by atoms with Gasteiger partial charge in [0, 0.05) is 28.6 Å². The molecule has 0 atom stereocenters. The zero-order valence-corrected chi connectivity index (χ0v) is 21.5. The summed E-state index contributed by atoms with van der Waals surface area (Å²) in [5.41, 5.74) is 1.70. The number of benzene rings is 2. The van der Waals surface area contributed by atoms with Crippen molar-refractivity contribution in [2.24, 2.45) is 0 Å². The summed E-state index contributed by atoms with van der Waals surface area (Å²) < 4.78 is 0. The monoisotopic (exact) mass is 484 g/mol. The molecule has 6 heteroatoms. The fraction of sp³-hybridized carbons (Fsp3) is 0.500. The number of carbonyl (C=O) groups is 2. The number of urea groups is 1. The topological polar surface area (TPSA) is 69.6 Å². The van der Waals surface area contributed by atoms with Crippen LogP contribution in [0.4, 0.5) is 10.5 Å². The van der Waals surface area contributed by atoms with E-state index in [0.717, 1.165) is 46.7 Å². The average molecular weight is 485 g/mol. The normalized spacial score (nSPS) is 10.8. The van der Waals surface area contributed by atoms with Crippen LogP contribution in [0.25, 0.3) is 0 Å². The number of nitrogens with one attached hydrogen (secondary N) is 1. The van der Waals surface area contributed by atoms with Crippen molar-refractivity contribution in [2.45, 2.75) is 87.8 Å². The number of nitrogens with zero attached hydrogens (tertiary/aromatic N) is 1. The molecule has 0 spiro atoms. The quantitative estimate of drug-likeness (QED) is 0.242. The molecule has 0 saturated carbocycles. The first kappa shape index (κ1) is 27.8. The Kier molecular flexibility index (Phi) is 13.2. The third-order valence-corrected chi connectivity index (χ3v) is 6.67. The Hall–Kier alpha value is -2.47. The Balaban J connectivity index is 2.01. The molecule has 0 aromatic heterocycles. The molecule has 2 rings (SSSR count). The van der Waals surface area contributed by atoms with Gasteiger partial charge in [0.05, 0.1) is 6.42 Å². The average Bonchev–Trinajstić information content (AvgIpc) is 2.82. The van der Waals surface area contributed by atoms with Crippen LogP contribution in [0.5, 0.6) is 0 Å². The van der Waals surface area contributed by atoms with Crippen molar-refractivity contribution >= 4 is 29.4 Å². The van der Waals surface area contributed by atoms with E-state index >= 15 is 0 Å². The molecule has 0 aliphatic heterocycles. The second-order valence-electron chi connectivity index (χ2n) is 8.67. The minimum absolute atomic E-state index is 0.0197. The Morgan fingerprint density at radius 2 is 1.53 bits per heavy atom. The first-order valence-electron chi connectivity index (χ1n) is 12.7. The van der Waals surface area contributed by atoms with Gasteiger partial charge in [-0.2, -0.15) is 0 Å². The van der Waals surface area contributed by atoms with Gasteiger partial charge in [-0.25, -0.2) is 4.79 Å². The molecule has 0 aliphatic rings. The number of carboxylic acids is 1. The summed E-state index contributed by atoms with van der Waals surface area (Å²) in [4.78, 5) is 27.9. The van der Waals surface area contributed by atoms with E-state index in [1.165, 1.54) is 32.1 Å². The number of hydrogen-bond acceptors (Lipinski definition) is 3. The largest absolute Gasteiger partial charge is 0.481 e. The van der Waals surface area contributed by atoms with E-state index in [1.807, 2.05) is 53.4 Å². The predicted molar refractivity (Wildman–Crippen MR) is 142 cm³/mol. The molecule has 0 aliphatic carbocycles. The van der Waals surface area contributed by atoms with Crippen LogP contribution < -0.4 is 10.2 Å². The molecule has 34 heavy (non-hydrogen) atoms. The Labute approximate surface area is 209 Å². The zero-order chi connectivity index (χ0) is 24.6. The lowest BCUT2D eigenvalue weighted by atomic mass is 10.1. The number of amides is 2. The minimum atomic E-state index is -0.829. The standard InChI is InChI=1S/C28H40N2O3S/c1-3-5-7-9-11-20-30(28(33)29-19-10-8-6-4-2)24-15-17-25(18-16-24)34-26-14-12-13-23(21-26)22-27(31)32/h12-18,21H,3-11,19-20,22H2,1-2H3,(H,29,33)(H,31,32). The molecule has 2 aromatic carbocycles. The van der Waals surface area contributed by atoms with Gasteiger partial charge in [-0.1, -0.05) is 82.7 Å². The van der Waals surface area contributed by atoms with E-state index < -0.39 is 5.97 Å². The summed E-state index contributed by atoms with van der Waals surface area (Å²) in [5, 5.41) is 12.1. The van der Waals surface area contributed by atoms with Crippen LogP contribution >= 0.6 is 11.8 Å². The number of rotatable bonds is 16. The van der Waals surface area contributed by atoms with Crippen molar-refractivity contribution in [1.29, 1.82) is 0 Å². The lowest BCUT2D eigenvalue weighted by Crippen LogP contribution is -2.41. The molecule has 2 amide bonds. The maximum Gasteiger partial charge on any atom is 0.321 e. The summed E-state index contributed by atoms with van der Waals surface area (Å²) in [6, 6.07) is 15.7. The highest BCUT2D eigenvalue weighted by Crippen LogP contribution is 2.30. The Morgan fingerprint density at radius 1 is 0.853 bits per heavy atom. The number of carbonyl (C=O) groups excluding carboxylic acids is 1. The lowest BCUT2D eigenvalue weighted by molar-refractivity contribution is -0.136. The Bertz CT molecular complexity index is 870. The van der Waals surface area contributed by atoms with E-state index in [2.05, 4.69) is 19.2 Å². The van der Waals surface area contributed by atoms with Gasteiger partial charge in [0.25, 0.3) is 0 Å². The summed E-state index contributed by atoms with van der Waals surface area (Å²) in [6.45, 7) is 5.83. The van der Waals surface area contributed by atoms with Gasteiger partial charge in [-0.15, -0.1) is 0 Å². The van der Waals surface area contributed by atoms with Gasteiger partial charge >= 0.3 is 12.0 Å². The molecule has 2 N–H and O–H groups in total. The molecule has 0 heterocycles. The Morgan fingerprint density at radius 3 is 2.21 bits per heavy atom. The van der Waals surface area contributed by atoms with Crippen LogP contribution in [0.3, 0.4) is 0 Å². The summed E-state index contributed by atoms with van der Waals surface area (Å²) >= 11 is 1.59. The van der Waals surface area contributed by atoms with Gasteiger partial charge < -0.3 is 10.4 Å². The van der Waals surface area contributed by atoms with Crippen LogP contribution in [0.15, 0.2) is 58.3 Å². The fourth-order valence-corrected chi connectivity index (χ4v) is 4.69. The van der Waals surface area contributed by atoms with Gasteiger partial charge in [-0.3, -0.25) is 9.69 Å².